The average molecular weight is 257 g/mol. The first-order chi connectivity index (χ1) is 9.28. The Morgan fingerprint density at radius 3 is 2.11 bits per heavy atom. The number of hydrogen-bond donors (Lipinski definition) is 1. The van der Waals surface area contributed by atoms with Gasteiger partial charge in [-0.05, 0) is 54.6 Å². The number of benzene rings is 1. The van der Waals surface area contributed by atoms with E-state index in [4.69, 9.17) is 5.73 Å². The predicted octanol–water partition coefficient (Wildman–Crippen LogP) is 3.95. The molecule has 0 spiro atoms. The Bertz CT molecular complexity index is 392. The summed E-state index contributed by atoms with van der Waals surface area (Å²) < 4.78 is 0. The van der Waals surface area contributed by atoms with Crippen molar-refractivity contribution < 1.29 is 0 Å². The van der Waals surface area contributed by atoms with Crippen LogP contribution in [0, 0.1) is 17.8 Å². The van der Waals surface area contributed by atoms with Gasteiger partial charge in [-0.15, -0.1) is 0 Å². The van der Waals surface area contributed by atoms with E-state index in [9.17, 15) is 0 Å². The molecule has 0 radical (unpaired) electrons. The summed E-state index contributed by atoms with van der Waals surface area (Å²) in [5.74, 6) is 2.45. The molecule has 1 heteroatoms. The first kappa shape index (κ1) is 13.2. The van der Waals surface area contributed by atoms with Crippen LogP contribution >= 0.6 is 0 Å². The normalized spacial score (nSPS) is 29.2. The van der Waals surface area contributed by atoms with Gasteiger partial charge < -0.3 is 5.73 Å². The molecular formula is C18H27N. The third-order valence-corrected chi connectivity index (χ3v) is 5.64. The van der Waals surface area contributed by atoms with Crippen molar-refractivity contribution >= 4 is 0 Å². The lowest BCUT2D eigenvalue weighted by Gasteiger charge is -2.34. The van der Waals surface area contributed by atoms with Crippen molar-refractivity contribution in [1.29, 1.82) is 0 Å². The maximum Gasteiger partial charge on any atom is 0.0102 e. The molecule has 19 heavy (non-hydrogen) atoms. The van der Waals surface area contributed by atoms with E-state index in [0.29, 0.717) is 12.0 Å². The molecule has 1 atom stereocenters. The molecule has 1 saturated carbocycles. The summed E-state index contributed by atoms with van der Waals surface area (Å²) in [5.41, 5.74) is 9.71. The summed E-state index contributed by atoms with van der Waals surface area (Å²) in [6.45, 7) is 2.33. The van der Waals surface area contributed by atoms with Gasteiger partial charge in [0.25, 0.3) is 0 Å². The predicted molar refractivity (Wildman–Crippen MR) is 81.1 cm³/mol. The minimum absolute atomic E-state index is 0.421. The second kappa shape index (κ2) is 5.66. The van der Waals surface area contributed by atoms with E-state index in [1.807, 2.05) is 0 Å². The highest BCUT2D eigenvalue weighted by atomic mass is 14.7. The van der Waals surface area contributed by atoms with Crippen molar-refractivity contribution in [1.82, 2.24) is 0 Å². The number of hydrogen-bond acceptors (Lipinski definition) is 1. The van der Waals surface area contributed by atoms with Crippen LogP contribution in [-0.4, -0.2) is 6.04 Å². The third kappa shape index (κ3) is 2.72. The topological polar surface area (TPSA) is 26.0 Å². The first-order valence-corrected chi connectivity index (χ1v) is 8.10. The largest absolute Gasteiger partial charge is 0.327 e. The SMILES string of the molecule is CCC1CCC(C(N)C2Cc3ccccc3C2)CC1. The van der Waals surface area contributed by atoms with Crippen LogP contribution in [0.1, 0.15) is 50.2 Å². The van der Waals surface area contributed by atoms with Crippen molar-refractivity contribution in [2.45, 2.75) is 57.9 Å². The maximum absolute atomic E-state index is 6.62. The van der Waals surface area contributed by atoms with Gasteiger partial charge in [0, 0.05) is 6.04 Å². The molecule has 1 nitrogen and oxygen atoms in total. The van der Waals surface area contributed by atoms with Gasteiger partial charge >= 0.3 is 0 Å². The zero-order chi connectivity index (χ0) is 13.2. The molecule has 3 rings (SSSR count). The van der Waals surface area contributed by atoms with E-state index in [0.717, 1.165) is 11.8 Å². The van der Waals surface area contributed by atoms with Crippen molar-refractivity contribution in [2.75, 3.05) is 0 Å². The fourth-order valence-electron chi connectivity index (χ4n) is 4.23. The smallest absolute Gasteiger partial charge is 0.0102 e. The number of fused-ring (bicyclic) bond motifs is 1. The molecule has 1 aromatic rings. The van der Waals surface area contributed by atoms with E-state index in [1.54, 1.807) is 11.1 Å². The molecule has 2 aliphatic rings. The fourth-order valence-corrected chi connectivity index (χ4v) is 4.23. The minimum Gasteiger partial charge on any atom is -0.327 e. The van der Waals surface area contributed by atoms with Gasteiger partial charge in [-0.1, -0.05) is 50.5 Å². The van der Waals surface area contributed by atoms with E-state index in [-0.39, 0.29) is 0 Å². The molecule has 0 aromatic heterocycles. The van der Waals surface area contributed by atoms with E-state index in [2.05, 4.69) is 31.2 Å². The van der Waals surface area contributed by atoms with Crippen LogP contribution in [0.5, 0.6) is 0 Å². The standard InChI is InChI=1S/C18H27N/c1-2-13-7-9-14(10-8-13)18(19)17-11-15-5-3-4-6-16(15)12-17/h3-6,13-14,17-18H,2,7-12,19H2,1H3. The highest BCUT2D eigenvalue weighted by Crippen LogP contribution is 2.37. The first-order valence-electron chi connectivity index (χ1n) is 8.10. The summed E-state index contributed by atoms with van der Waals surface area (Å²) in [7, 11) is 0. The van der Waals surface area contributed by atoms with Gasteiger partial charge in [-0.2, -0.15) is 0 Å². The molecule has 104 valence electrons. The Hall–Kier alpha value is -0.820. The Morgan fingerprint density at radius 2 is 1.58 bits per heavy atom. The van der Waals surface area contributed by atoms with Crippen LogP contribution in [-0.2, 0) is 12.8 Å². The van der Waals surface area contributed by atoms with Gasteiger partial charge in [-0.3, -0.25) is 0 Å². The van der Waals surface area contributed by atoms with Gasteiger partial charge in [0.05, 0.1) is 0 Å². The zero-order valence-corrected chi connectivity index (χ0v) is 12.1. The molecule has 0 aliphatic heterocycles. The van der Waals surface area contributed by atoms with Crippen molar-refractivity contribution in [3.8, 4) is 0 Å². The summed E-state index contributed by atoms with van der Waals surface area (Å²) >= 11 is 0. The highest BCUT2D eigenvalue weighted by Gasteiger charge is 2.33. The summed E-state index contributed by atoms with van der Waals surface area (Å²) in [5, 5.41) is 0. The molecule has 2 N–H and O–H groups in total. The van der Waals surface area contributed by atoms with Gasteiger partial charge in [0.15, 0.2) is 0 Å². The van der Waals surface area contributed by atoms with E-state index < -0.39 is 0 Å². The fraction of sp³-hybridized carbons (Fsp3) is 0.667. The molecule has 0 amide bonds. The Labute approximate surface area is 117 Å². The summed E-state index contributed by atoms with van der Waals surface area (Å²) in [4.78, 5) is 0. The Morgan fingerprint density at radius 1 is 1.00 bits per heavy atom. The van der Waals surface area contributed by atoms with Crippen LogP contribution < -0.4 is 5.73 Å². The lowest BCUT2D eigenvalue weighted by atomic mass is 9.74. The molecule has 0 heterocycles. The van der Waals surface area contributed by atoms with E-state index in [1.165, 1.54) is 44.9 Å². The molecule has 1 fully saturated rings. The van der Waals surface area contributed by atoms with Crippen molar-refractivity contribution in [3.05, 3.63) is 35.4 Å². The van der Waals surface area contributed by atoms with Crippen LogP contribution in [0.15, 0.2) is 24.3 Å². The number of nitrogens with two attached hydrogens (primary N) is 1. The Kier molecular flexibility index (Phi) is 3.93. The van der Waals surface area contributed by atoms with Gasteiger partial charge in [0.1, 0.15) is 0 Å². The minimum atomic E-state index is 0.421. The zero-order valence-electron chi connectivity index (χ0n) is 12.1. The number of rotatable bonds is 3. The van der Waals surface area contributed by atoms with Crippen LogP contribution in [0.3, 0.4) is 0 Å². The van der Waals surface area contributed by atoms with Crippen LogP contribution in [0.4, 0.5) is 0 Å². The van der Waals surface area contributed by atoms with Gasteiger partial charge in [-0.25, -0.2) is 0 Å². The second-order valence-corrected chi connectivity index (χ2v) is 6.70. The summed E-state index contributed by atoms with van der Waals surface area (Å²) in [6.07, 6.45) is 9.34. The quantitative estimate of drug-likeness (QED) is 0.872. The van der Waals surface area contributed by atoms with Crippen LogP contribution in [0.25, 0.3) is 0 Å². The molecule has 0 bridgehead atoms. The molecule has 0 saturated heterocycles. The second-order valence-electron chi connectivity index (χ2n) is 6.70. The monoisotopic (exact) mass is 257 g/mol. The molecular weight excluding hydrogens is 230 g/mol. The van der Waals surface area contributed by atoms with Gasteiger partial charge in [0.2, 0.25) is 0 Å². The van der Waals surface area contributed by atoms with Crippen LogP contribution in [0.2, 0.25) is 0 Å². The van der Waals surface area contributed by atoms with Crippen molar-refractivity contribution in [2.24, 2.45) is 23.5 Å². The highest BCUT2D eigenvalue weighted by molar-refractivity contribution is 5.32. The van der Waals surface area contributed by atoms with E-state index >= 15 is 0 Å². The summed E-state index contributed by atoms with van der Waals surface area (Å²) in [6, 6.07) is 9.33. The third-order valence-electron chi connectivity index (χ3n) is 5.64. The van der Waals surface area contributed by atoms with Crippen molar-refractivity contribution in [3.63, 3.8) is 0 Å². The Balaban J connectivity index is 1.59. The lowest BCUT2D eigenvalue weighted by molar-refractivity contribution is 0.204. The average Bonchev–Trinajstić information content (AvgIpc) is 2.90. The molecule has 1 unspecified atom stereocenters. The molecule has 1 aromatic carbocycles. The maximum atomic E-state index is 6.62. The lowest BCUT2D eigenvalue weighted by Crippen LogP contribution is -2.39. The molecule has 2 aliphatic carbocycles.